The number of aliphatic hydroxyl groups is 1. The third-order valence-electron chi connectivity index (χ3n) is 2.55. The first-order valence-electron chi connectivity index (χ1n) is 5.30. The Labute approximate surface area is 85.7 Å². The van der Waals surface area contributed by atoms with Crippen LogP contribution in [-0.2, 0) is 13.1 Å². The van der Waals surface area contributed by atoms with Crippen molar-refractivity contribution in [1.29, 1.82) is 0 Å². The topological polar surface area (TPSA) is 37.2 Å². The number of hydrogen-bond acceptors (Lipinski definition) is 2. The van der Waals surface area contributed by atoms with Crippen molar-refractivity contribution < 1.29 is 5.11 Å². The Hall–Kier alpha value is -0.800. The zero-order valence-electron chi connectivity index (χ0n) is 9.03. The van der Waals surface area contributed by atoms with Gasteiger partial charge in [0.05, 0.1) is 6.61 Å². The molecule has 1 aromatic heterocycles. The number of aromatic nitrogens is 1. The van der Waals surface area contributed by atoms with Crippen molar-refractivity contribution in [1.82, 2.24) is 9.88 Å². The molecule has 3 nitrogen and oxygen atoms in total. The van der Waals surface area contributed by atoms with E-state index >= 15 is 0 Å². The Morgan fingerprint density at radius 2 is 2.29 bits per heavy atom. The predicted octanol–water partition coefficient (Wildman–Crippen LogP) is 1.37. The number of rotatable bonds is 6. The van der Waals surface area contributed by atoms with Crippen LogP contribution in [0.1, 0.15) is 26.0 Å². The van der Waals surface area contributed by atoms with E-state index in [1.165, 1.54) is 5.69 Å². The number of nitrogens with one attached hydrogen (secondary N) is 1. The van der Waals surface area contributed by atoms with Crippen LogP contribution in [0.4, 0.5) is 0 Å². The molecule has 0 spiro atoms. The zero-order chi connectivity index (χ0) is 10.4. The van der Waals surface area contributed by atoms with Gasteiger partial charge in [-0.15, -0.1) is 0 Å². The highest BCUT2D eigenvalue weighted by Gasteiger charge is 2.04. The summed E-state index contributed by atoms with van der Waals surface area (Å²) in [5.41, 5.74) is 1.28. The van der Waals surface area contributed by atoms with E-state index in [0.717, 1.165) is 19.5 Å². The van der Waals surface area contributed by atoms with Gasteiger partial charge < -0.3 is 15.0 Å². The summed E-state index contributed by atoms with van der Waals surface area (Å²) < 4.78 is 2.21. The Morgan fingerprint density at radius 1 is 1.50 bits per heavy atom. The molecule has 0 radical (unpaired) electrons. The van der Waals surface area contributed by atoms with Crippen LogP contribution in [0.3, 0.4) is 0 Å². The second kappa shape index (κ2) is 5.83. The largest absolute Gasteiger partial charge is 0.395 e. The van der Waals surface area contributed by atoms with Crippen molar-refractivity contribution in [3.05, 3.63) is 24.0 Å². The van der Waals surface area contributed by atoms with Crippen molar-refractivity contribution in [2.45, 2.75) is 39.4 Å². The third kappa shape index (κ3) is 2.86. The lowest BCUT2D eigenvalue weighted by atomic mass is 10.2. The fraction of sp³-hybridized carbons (Fsp3) is 0.636. The smallest absolute Gasteiger partial charge is 0.0584 e. The van der Waals surface area contributed by atoms with Gasteiger partial charge in [0, 0.05) is 31.0 Å². The molecule has 1 rings (SSSR count). The molecule has 1 aromatic rings. The zero-order valence-corrected chi connectivity index (χ0v) is 9.03. The highest BCUT2D eigenvalue weighted by molar-refractivity contribution is 5.06. The van der Waals surface area contributed by atoms with Crippen LogP contribution in [0, 0.1) is 0 Å². The van der Waals surface area contributed by atoms with Crippen LogP contribution >= 0.6 is 0 Å². The second-order valence-electron chi connectivity index (χ2n) is 3.45. The highest BCUT2D eigenvalue weighted by atomic mass is 16.3. The fourth-order valence-corrected chi connectivity index (χ4v) is 1.51. The van der Waals surface area contributed by atoms with Gasteiger partial charge in [0.25, 0.3) is 0 Å². The van der Waals surface area contributed by atoms with Crippen molar-refractivity contribution in [3.63, 3.8) is 0 Å². The van der Waals surface area contributed by atoms with Crippen molar-refractivity contribution in [2.24, 2.45) is 0 Å². The minimum Gasteiger partial charge on any atom is -0.395 e. The molecular formula is C11H20N2O. The lowest BCUT2D eigenvalue weighted by Crippen LogP contribution is -2.31. The normalized spacial score (nSPS) is 13.1. The summed E-state index contributed by atoms with van der Waals surface area (Å²) >= 11 is 0. The van der Waals surface area contributed by atoms with Crippen LogP contribution < -0.4 is 5.32 Å². The molecule has 0 aliphatic rings. The van der Waals surface area contributed by atoms with E-state index in [9.17, 15) is 0 Å². The standard InChI is InChI=1S/C11H20N2O/c1-3-10(9-14)12-8-11-6-5-7-13(11)4-2/h5-7,10,12,14H,3-4,8-9H2,1-2H3/t10-/m1/s1. The van der Waals surface area contributed by atoms with Crippen molar-refractivity contribution in [2.75, 3.05) is 6.61 Å². The maximum atomic E-state index is 9.01. The molecule has 0 aromatic carbocycles. The summed E-state index contributed by atoms with van der Waals surface area (Å²) in [7, 11) is 0. The molecule has 1 heterocycles. The third-order valence-corrected chi connectivity index (χ3v) is 2.55. The molecule has 0 amide bonds. The molecule has 2 N–H and O–H groups in total. The lowest BCUT2D eigenvalue weighted by molar-refractivity contribution is 0.237. The first-order chi connectivity index (χ1) is 6.81. The van der Waals surface area contributed by atoms with Crippen molar-refractivity contribution >= 4 is 0 Å². The quantitative estimate of drug-likeness (QED) is 0.721. The average molecular weight is 196 g/mol. The molecule has 0 aliphatic carbocycles. The number of hydrogen-bond donors (Lipinski definition) is 2. The van der Waals surface area contributed by atoms with Gasteiger partial charge >= 0.3 is 0 Å². The monoisotopic (exact) mass is 196 g/mol. The number of aliphatic hydroxyl groups excluding tert-OH is 1. The SMILES string of the molecule is CC[C@H](CO)NCc1cccn1CC. The van der Waals surface area contributed by atoms with Gasteiger partial charge in [0.1, 0.15) is 0 Å². The molecule has 0 saturated heterocycles. The number of nitrogens with zero attached hydrogens (tertiary/aromatic N) is 1. The van der Waals surface area contributed by atoms with Crippen LogP contribution in [-0.4, -0.2) is 22.3 Å². The Kier molecular flexibility index (Phi) is 4.70. The minimum atomic E-state index is 0.212. The molecular weight excluding hydrogens is 176 g/mol. The fourth-order valence-electron chi connectivity index (χ4n) is 1.51. The molecule has 0 bridgehead atoms. The van der Waals surface area contributed by atoms with Gasteiger partial charge in [-0.2, -0.15) is 0 Å². The highest BCUT2D eigenvalue weighted by Crippen LogP contribution is 2.02. The average Bonchev–Trinajstić information content (AvgIpc) is 2.67. The van der Waals surface area contributed by atoms with E-state index in [-0.39, 0.29) is 12.6 Å². The predicted molar refractivity (Wildman–Crippen MR) is 58.1 cm³/mol. The molecule has 0 saturated carbocycles. The van der Waals surface area contributed by atoms with Gasteiger partial charge in [-0.25, -0.2) is 0 Å². The molecule has 0 aliphatic heterocycles. The first kappa shape index (κ1) is 11.3. The summed E-state index contributed by atoms with van der Waals surface area (Å²) in [4.78, 5) is 0. The second-order valence-corrected chi connectivity index (χ2v) is 3.45. The van der Waals surface area contributed by atoms with Crippen LogP contribution in [0.25, 0.3) is 0 Å². The molecule has 0 unspecified atom stereocenters. The van der Waals surface area contributed by atoms with Crippen LogP contribution in [0.2, 0.25) is 0 Å². The van der Waals surface area contributed by atoms with E-state index in [2.05, 4.69) is 42.1 Å². The summed E-state index contributed by atoms with van der Waals surface area (Å²) in [5.74, 6) is 0. The maximum absolute atomic E-state index is 9.01. The summed E-state index contributed by atoms with van der Waals surface area (Å²) in [6.07, 6.45) is 3.04. The summed E-state index contributed by atoms with van der Waals surface area (Å²) in [6, 6.07) is 4.39. The van der Waals surface area contributed by atoms with Gasteiger partial charge in [-0.3, -0.25) is 0 Å². The van der Waals surface area contributed by atoms with Crippen LogP contribution in [0.5, 0.6) is 0 Å². The van der Waals surface area contributed by atoms with Gasteiger partial charge in [-0.1, -0.05) is 6.92 Å². The summed E-state index contributed by atoms with van der Waals surface area (Å²) in [5, 5.41) is 12.3. The minimum absolute atomic E-state index is 0.212. The summed E-state index contributed by atoms with van der Waals surface area (Å²) in [6.45, 7) is 6.25. The van der Waals surface area contributed by atoms with Gasteiger partial charge in [-0.05, 0) is 25.5 Å². The van der Waals surface area contributed by atoms with Gasteiger partial charge in [0.2, 0.25) is 0 Å². The van der Waals surface area contributed by atoms with E-state index in [0.29, 0.717) is 0 Å². The molecule has 3 heteroatoms. The van der Waals surface area contributed by atoms with E-state index in [1.54, 1.807) is 0 Å². The Bertz CT molecular complexity index is 254. The molecule has 80 valence electrons. The number of aryl methyl sites for hydroxylation is 1. The molecule has 0 fully saturated rings. The Morgan fingerprint density at radius 3 is 2.86 bits per heavy atom. The maximum Gasteiger partial charge on any atom is 0.0584 e. The molecule has 1 atom stereocenters. The first-order valence-corrected chi connectivity index (χ1v) is 5.30. The Balaban J connectivity index is 2.44. The van der Waals surface area contributed by atoms with E-state index in [4.69, 9.17) is 5.11 Å². The van der Waals surface area contributed by atoms with Crippen molar-refractivity contribution in [3.8, 4) is 0 Å². The lowest BCUT2D eigenvalue weighted by Gasteiger charge is -2.14. The van der Waals surface area contributed by atoms with E-state index in [1.807, 2.05) is 0 Å². The van der Waals surface area contributed by atoms with Crippen LogP contribution in [0.15, 0.2) is 18.3 Å². The molecule has 14 heavy (non-hydrogen) atoms. The van der Waals surface area contributed by atoms with E-state index < -0.39 is 0 Å². The van der Waals surface area contributed by atoms with Gasteiger partial charge in [0.15, 0.2) is 0 Å².